The van der Waals surface area contributed by atoms with E-state index in [-0.39, 0.29) is 5.75 Å². The molecule has 0 bridgehead atoms. The fourth-order valence-corrected chi connectivity index (χ4v) is 3.37. The first kappa shape index (κ1) is 17.0. The molecule has 1 unspecified atom stereocenters. The largest absolute Gasteiger partial charge is 0.435 e. The number of alkyl halides is 2. The van der Waals surface area contributed by atoms with Crippen LogP contribution in [0.5, 0.6) is 5.75 Å². The summed E-state index contributed by atoms with van der Waals surface area (Å²) < 4.78 is 28.9. The third-order valence-corrected chi connectivity index (χ3v) is 4.82. The normalized spacial score (nSPS) is 20.3. The second-order valence-corrected chi connectivity index (χ2v) is 6.88. The lowest BCUT2D eigenvalue weighted by Crippen LogP contribution is -2.42. The van der Waals surface area contributed by atoms with Crippen molar-refractivity contribution in [3.05, 3.63) is 42.4 Å². The molecular weight excluding hydrogens is 338 g/mol. The van der Waals surface area contributed by atoms with Crippen LogP contribution in [0.15, 0.2) is 36.5 Å². The van der Waals surface area contributed by atoms with Gasteiger partial charge in [0.05, 0.1) is 0 Å². The van der Waals surface area contributed by atoms with Gasteiger partial charge in [-0.1, -0.05) is 0 Å². The lowest BCUT2D eigenvalue weighted by molar-refractivity contribution is -0.0498. The fourth-order valence-electron chi connectivity index (χ4n) is 3.37. The number of ether oxygens (including phenoxy) is 1. The van der Waals surface area contributed by atoms with Gasteiger partial charge in [0.25, 0.3) is 0 Å². The summed E-state index contributed by atoms with van der Waals surface area (Å²) in [5, 5.41) is 3.52. The highest BCUT2D eigenvalue weighted by atomic mass is 19.3. The number of anilines is 2. The molecular formula is C19H22F2N4O. The zero-order chi connectivity index (χ0) is 17.9. The molecule has 5 nitrogen and oxygen atoms in total. The SMILES string of the molecule is FC(F)Oc1ccc(N2CCCC(Nc3ccnc(C4CC4)n3)C2)cc1. The average molecular weight is 360 g/mol. The Kier molecular flexibility index (Phi) is 4.86. The first-order valence-electron chi connectivity index (χ1n) is 9.07. The van der Waals surface area contributed by atoms with E-state index in [1.54, 1.807) is 12.1 Å². The summed E-state index contributed by atoms with van der Waals surface area (Å²) in [5.74, 6) is 2.55. The van der Waals surface area contributed by atoms with Crippen LogP contribution in [-0.4, -0.2) is 35.7 Å². The summed E-state index contributed by atoms with van der Waals surface area (Å²) in [6.45, 7) is -1.000. The van der Waals surface area contributed by atoms with Gasteiger partial charge in [0, 0.05) is 36.9 Å². The molecule has 1 aliphatic carbocycles. The Bertz CT molecular complexity index is 737. The van der Waals surface area contributed by atoms with E-state index in [1.165, 1.54) is 12.8 Å². The van der Waals surface area contributed by atoms with Gasteiger partial charge in [0.15, 0.2) is 0 Å². The third kappa shape index (κ3) is 4.20. The zero-order valence-corrected chi connectivity index (χ0v) is 14.4. The second kappa shape index (κ2) is 7.43. The van der Waals surface area contributed by atoms with Crippen molar-refractivity contribution in [1.82, 2.24) is 9.97 Å². The van der Waals surface area contributed by atoms with Crippen molar-refractivity contribution in [2.24, 2.45) is 0 Å². The van der Waals surface area contributed by atoms with Gasteiger partial charge >= 0.3 is 6.61 Å². The number of halogens is 2. The molecule has 1 N–H and O–H groups in total. The monoisotopic (exact) mass is 360 g/mol. The van der Waals surface area contributed by atoms with E-state index in [0.29, 0.717) is 12.0 Å². The Morgan fingerprint density at radius 2 is 1.92 bits per heavy atom. The van der Waals surface area contributed by atoms with Crippen molar-refractivity contribution < 1.29 is 13.5 Å². The quantitative estimate of drug-likeness (QED) is 0.843. The van der Waals surface area contributed by atoms with E-state index in [4.69, 9.17) is 0 Å². The standard InChI is InChI=1S/C19H22F2N4O/c20-19(21)26-16-7-5-15(6-8-16)25-11-1-2-14(12-25)23-17-9-10-22-18(24-17)13-3-4-13/h5-10,13-14,19H,1-4,11-12H2,(H,22,23,24). The predicted molar refractivity (Wildman–Crippen MR) is 95.9 cm³/mol. The molecule has 1 aliphatic heterocycles. The Morgan fingerprint density at radius 1 is 1.12 bits per heavy atom. The topological polar surface area (TPSA) is 50.3 Å². The number of hydrogen-bond donors (Lipinski definition) is 1. The summed E-state index contributed by atoms with van der Waals surface area (Å²) in [6, 6.07) is 9.05. The van der Waals surface area contributed by atoms with Crippen molar-refractivity contribution in [2.75, 3.05) is 23.3 Å². The highest BCUT2D eigenvalue weighted by molar-refractivity contribution is 5.50. The zero-order valence-electron chi connectivity index (χ0n) is 14.4. The maximum absolute atomic E-state index is 12.3. The molecule has 2 aliphatic rings. The van der Waals surface area contributed by atoms with Crippen LogP contribution in [0.4, 0.5) is 20.3 Å². The summed E-state index contributed by atoms with van der Waals surface area (Å²) in [6.07, 6.45) is 6.34. The molecule has 1 aromatic heterocycles. The van der Waals surface area contributed by atoms with Gasteiger partial charge in [-0.2, -0.15) is 8.78 Å². The Hall–Kier alpha value is -2.44. The molecule has 7 heteroatoms. The molecule has 0 radical (unpaired) electrons. The number of aromatic nitrogens is 2. The smallest absolute Gasteiger partial charge is 0.387 e. The van der Waals surface area contributed by atoms with Crippen molar-refractivity contribution in [3.8, 4) is 5.75 Å². The van der Waals surface area contributed by atoms with Gasteiger partial charge < -0.3 is 15.0 Å². The predicted octanol–water partition coefficient (Wildman–Crippen LogP) is 4.04. The molecule has 2 heterocycles. The first-order chi connectivity index (χ1) is 12.7. The van der Waals surface area contributed by atoms with E-state index in [0.717, 1.165) is 43.3 Å². The third-order valence-electron chi connectivity index (χ3n) is 4.82. The van der Waals surface area contributed by atoms with Gasteiger partial charge in [0.2, 0.25) is 0 Å². The lowest BCUT2D eigenvalue weighted by atomic mass is 10.0. The van der Waals surface area contributed by atoms with E-state index in [1.807, 2.05) is 24.4 Å². The highest BCUT2D eigenvalue weighted by Gasteiger charge is 2.27. The summed E-state index contributed by atoms with van der Waals surface area (Å²) in [4.78, 5) is 11.3. The van der Waals surface area contributed by atoms with Crippen molar-refractivity contribution >= 4 is 11.5 Å². The van der Waals surface area contributed by atoms with Crippen LogP contribution in [0.3, 0.4) is 0 Å². The fraction of sp³-hybridized carbons (Fsp3) is 0.474. The van der Waals surface area contributed by atoms with Crippen molar-refractivity contribution in [2.45, 2.75) is 44.3 Å². The summed E-state index contributed by atoms with van der Waals surface area (Å²) >= 11 is 0. The molecule has 1 saturated carbocycles. The molecule has 0 spiro atoms. The van der Waals surface area contributed by atoms with Crippen LogP contribution in [0.1, 0.15) is 37.4 Å². The first-order valence-corrected chi connectivity index (χ1v) is 9.07. The molecule has 1 atom stereocenters. The van der Waals surface area contributed by atoms with Crippen LogP contribution in [0.25, 0.3) is 0 Å². The molecule has 2 fully saturated rings. The van der Waals surface area contributed by atoms with Crippen LogP contribution in [0, 0.1) is 0 Å². The maximum atomic E-state index is 12.3. The van der Waals surface area contributed by atoms with Gasteiger partial charge in [-0.15, -0.1) is 0 Å². The minimum Gasteiger partial charge on any atom is -0.435 e. The highest BCUT2D eigenvalue weighted by Crippen LogP contribution is 2.38. The van der Waals surface area contributed by atoms with E-state index in [9.17, 15) is 8.78 Å². The molecule has 2 aromatic rings. The molecule has 26 heavy (non-hydrogen) atoms. The summed E-state index contributed by atoms with van der Waals surface area (Å²) in [7, 11) is 0. The number of hydrogen-bond acceptors (Lipinski definition) is 5. The minimum atomic E-state index is -2.79. The van der Waals surface area contributed by atoms with E-state index >= 15 is 0 Å². The van der Waals surface area contributed by atoms with Crippen LogP contribution >= 0.6 is 0 Å². The number of piperidine rings is 1. The number of nitrogens with zero attached hydrogens (tertiary/aromatic N) is 3. The molecule has 4 rings (SSSR count). The molecule has 1 aromatic carbocycles. The average Bonchev–Trinajstić information content (AvgIpc) is 3.48. The lowest BCUT2D eigenvalue weighted by Gasteiger charge is -2.35. The Morgan fingerprint density at radius 3 is 2.65 bits per heavy atom. The number of rotatable bonds is 6. The minimum absolute atomic E-state index is 0.184. The summed E-state index contributed by atoms with van der Waals surface area (Å²) in [5.41, 5.74) is 1.01. The molecule has 1 saturated heterocycles. The van der Waals surface area contributed by atoms with E-state index < -0.39 is 6.61 Å². The molecule has 138 valence electrons. The van der Waals surface area contributed by atoms with Gasteiger partial charge in [0.1, 0.15) is 17.4 Å². The maximum Gasteiger partial charge on any atom is 0.387 e. The van der Waals surface area contributed by atoms with Crippen molar-refractivity contribution in [1.29, 1.82) is 0 Å². The van der Waals surface area contributed by atoms with Crippen molar-refractivity contribution in [3.63, 3.8) is 0 Å². The van der Waals surface area contributed by atoms with E-state index in [2.05, 4.69) is 24.9 Å². The van der Waals surface area contributed by atoms with Gasteiger partial charge in [-0.25, -0.2) is 9.97 Å². The second-order valence-electron chi connectivity index (χ2n) is 6.88. The Labute approximate surface area is 151 Å². The van der Waals surface area contributed by atoms with Crippen LogP contribution < -0.4 is 15.0 Å². The number of nitrogens with one attached hydrogen (secondary N) is 1. The number of benzene rings is 1. The van der Waals surface area contributed by atoms with Crippen LogP contribution in [0.2, 0.25) is 0 Å². The Balaban J connectivity index is 1.38. The molecule has 0 amide bonds. The van der Waals surface area contributed by atoms with Gasteiger partial charge in [-0.3, -0.25) is 0 Å². The van der Waals surface area contributed by atoms with Gasteiger partial charge in [-0.05, 0) is 56.0 Å². The van der Waals surface area contributed by atoms with Crippen LogP contribution in [-0.2, 0) is 0 Å².